The Morgan fingerprint density at radius 1 is 0.938 bits per heavy atom. The molecule has 1 aliphatic rings. The topological polar surface area (TPSA) is 95.6 Å². The highest BCUT2D eigenvalue weighted by Crippen LogP contribution is 2.30. The monoisotopic (exact) mass is 457 g/mol. The number of nitrogens with one attached hydrogen (secondary N) is 2. The number of nitrogens with zero attached hydrogens (tertiary/aromatic N) is 1. The van der Waals surface area contributed by atoms with Gasteiger partial charge in [0, 0.05) is 24.8 Å². The first kappa shape index (κ1) is 23.9. The van der Waals surface area contributed by atoms with Gasteiger partial charge in [-0.25, -0.2) is 8.42 Å². The number of carbonyl (C=O) groups is 2. The highest BCUT2D eigenvalue weighted by atomic mass is 32.2. The van der Waals surface area contributed by atoms with Gasteiger partial charge in [0.1, 0.15) is 0 Å². The van der Waals surface area contributed by atoms with Gasteiger partial charge in [-0.15, -0.1) is 0 Å². The van der Waals surface area contributed by atoms with Gasteiger partial charge >= 0.3 is 11.8 Å². The van der Waals surface area contributed by atoms with E-state index in [1.807, 2.05) is 45.0 Å². The van der Waals surface area contributed by atoms with E-state index in [9.17, 15) is 18.0 Å². The Hall–Kier alpha value is -2.71. The van der Waals surface area contributed by atoms with Crippen LogP contribution < -0.4 is 10.6 Å². The summed E-state index contributed by atoms with van der Waals surface area (Å²) < 4.78 is 28.3. The second-order valence-electron chi connectivity index (χ2n) is 8.62. The largest absolute Gasteiger partial charge is 0.346 e. The van der Waals surface area contributed by atoms with Crippen LogP contribution in [0.3, 0.4) is 0 Å². The van der Waals surface area contributed by atoms with Crippen LogP contribution in [0, 0.1) is 34.6 Å². The molecule has 0 spiro atoms. The normalized spacial score (nSPS) is 16.7. The minimum atomic E-state index is -3.71. The molecule has 1 fully saturated rings. The molecule has 0 radical (unpaired) electrons. The number of hydrogen-bond acceptors (Lipinski definition) is 4. The lowest BCUT2D eigenvalue weighted by molar-refractivity contribution is -0.136. The van der Waals surface area contributed by atoms with Crippen molar-refractivity contribution in [1.82, 2.24) is 9.62 Å². The lowest BCUT2D eigenvalue weighted by Gasteiger charge is -2.26. The van der Waals surface area contributed by atoms with Crippen LogP contribution in [0.2, 0.25) is 0 Å². The van der Waals surface area contributed by atoms with Gasteiger partial charge in [-0.1, -0.05) is 35.4 Å². The molecule has 1 atom stereocenters. The van der Waals surface area contributed by atoms with Gasteiger partial charge in [-0.3, -0.25) is 9.59 Å². The summed E-state index contributed by atoms with van der Waals surface area (Å²) in [4.78, 5) is 25.0. The number of amides is 2. The molecule has 1 saturated heterocycles. The molecule has 2 N–H and O–H groups in total. The Morgan fingerprint density at radius 2 is 1.56 bits per heavy atom. The van der Waals surface area contributed by atoms with E-state index < -0.39 is 27.9 Å². The molecule has 32 heavy (non-hydrogen) atoms. The maximum absolute atomic E-state index is 13.4. The van der Waals surface area contributed by atoms with Crippen LogP contribution in [0.25, 0.3) is 0 Å². The third-order valence-corrected chi connectivity index (χ3v) is 8.09. The van der Waals surface area contributed by atoms with Crippen LogP contribution in [0.4, 0.5) is 5.69 Å². The molecule has 0 aromatic heterocycles. The number of aryl methyl sites for hydroxylation is 5. The summed E-state index contributed by atoms with van der Waals surface area (Å²) in [6, 6.07) is 8.88. The lowest BCUT2D eigenvalue weighted by Crippen LogP contribution is -2.45. The predicted octanol–water partition coefficient (Wildman–Crippen LogP) is 3.14. The maximum Gasteiger partial charge on any atom is 0.313 e. The van der Waals surface area contributed by atoms with E-state index >= 15 is 0 Å². The molecule has 3 rings (SSSR count). The fraction of sp³-hybridized carbons (Fsp3) is 0.417. The van der Waals surface area contributed by atoms with Crippen LogP contribution in [0.1, 0.15) is 40.7 Å². The van der Waals surface area contributed by atoms with Crippen molar-refractivity contribution in [3.05, 3.63) is 58.1 Å². The zero-order valence-electron chi connectivity index (χ0n) is 19.3. The van der Waals surface area contributed by atoms with Crippen molar-refractivity contribution < 1.29 is 18.0 Å². The Kier molecular flexibility index (Phi) is 7.05. The number of anilines is 1. The molecule has 0 saturated carbocycles. The molecule has 0 bridgehead atoms. The van der Waals surface area contributed by atoms with Crippen LogP contribution in [0.15, 0.2) is 35.2 Å². The summed E-state index contributed by atoms with van der Waals surface area (Å²) in [6.07, 6.45) is 1.33. The first-order valence-corrected chi connectivity index (χ1v) is 12.2. The number of benzene rings is 2. The molecule has 2 aromatic rings. The van der Waals surface area contributed by atoms with Gasteiger partial charge in [0.25, 0.3) is 0 Å². The van der Waals surface area contributed by atoms with Gasteiger partial charge in [0.15, 0.2) is 0 Å². The summed E-state index contributed by atoms with van der Waals surface area (Å²) in [5, 5.41) is 5.23. The van der Waals surface area contributed by atoms with E-state index in [1.165, 1.54) is 4.31 Å². The standard InChI is InChI=1S/C24H31N3O4S/c1-15-8-9-21(17(3)11-15)26-24(29)23(28)25-14-20-7-6-10-27(20)32(30,31)22-18(4)12-16(2)13-19(22)5/h8-9,11-13,20H,6-7,10,14H2,1-5H3,(H,25,28)(H,26,29)/t20-/m1/s1. The van der Waals surface area contributed by atoms with E-state index in [2.05, 4.69) is 10.6 Å². The molecule has 2 amide bonds. The second kappa shape index (κ2) is 9.42. The van der Waals surface area contributed by atoms with Crippen LogP contribution in [0.5, 0.6) is 0 Å². The van der Waals surface area contributed by atoms with E-state index in [1.54, 1.807) is 19.9 Å². The van der Waals surface area contributed by atoms with Crippen LogP contribution >= 0.6 is 0 Å². The quantitative estimate of drug-likeness (QED) is 0.675. The fourth-order valence-electron chi connectivity index (χ4n) is 4.44. The average Bonchev–Trinajstić information content (AvgIpc) is 3.16. The van der Waals surface area contributed by atoms with Crippen LogP contribution in [-0.4, -0.2) is 43.7 Å². The van der Waals surface area contributed by atoms with Crippen molar-refractivity contribution >= 4 is 27.5 Å². The molecule has 1 aliphatic heterocycles. The number of carbonyl (C=O) groups excluding carboxylic acids is 2. The molecular weight excluding hydrogens is 426 g/mol. The zero-order chi connectivity index (χ0) is 23.6. The minimum absolute atomic E-state index is 0.0856. The van der Waals surface area contributed by atoms with Crippen LogP contribution in [-0.2, 0) is 19.6 Å². The predicted molar refractivity (Wildman–Crippen MR) is 125 cm³/mol. The highest BCUT2D eigenvalue weighted by Gasteiger charge is 2.37. The molecule has 7 nitrogen and oxygen atoms in total. The highest BCUT2D eigenvalue weighted by molar-refractivity contribution is 7.89. The average molecular weight is 458 g/mol. The number of rotatable bonds is 5. The smallest absolute Gasteiger partial charge is 0.313 e. The molecule has 172 valence electrons. The SMILES string of the molecule is Cc1ccc(NC(=O)C(=O)NC[C@H]2CCCN2S(=O)(=O)c2c(C)cc(C)cc2C)c(C)c1. The Balaban J connectivity index is 1.68. The van der Waals surface area contributed by atoms with Crippen molar-refractivity contribution in [3.8, 4) is 0 Å². The van der Waals surface area contributed by atoms with E-state index in [-0.39, 0.29) is 6.54 Å². The van der Waals surface area contributed by atoms with Gasteiger partial charge in [-0.2, -0.15) is 4.31 Å². The molecule has 0 aliphatic carbocycles. The maximum atomic E-state index is 13.4. The van der Waals surface area contributed by atoms with Gasteiger partial charge < -0.3 is 10.6 Å². The zero-order valence-corrected chi connectivity index (χ0v) is 20.1. The van der Waals surface area contributed by atoms with E-state index in [4.69, 9.17) is 0 Å². The van der Waals surface area contributed by atoms with Gasteiger partial charge in [0.05, 0.1) is 4.90 Å². The molecule has 8 heteroatoms. The van der Waals surface area contributed by atoms with E-state index in [0.29, 0.717) is 41.1 Å². The minimum Gasteiger partial charge on any atom is -0.346 e. The summed E-state index contributed by atoms with van der Waals surface area (Å²) in [5.41, 5.74) is 4.94. The number of hydrogen-bond donors (Lipinski definition) is 2. The summed E-state index contributed by atoms with van der Waals surface area (Å²) in [6.45, 7) is 9.83. The summed E-state index contributed by atoms with van der Waals surface area (Å²) in [7, 11) is -3.71. The van der Waals surface area contributed by atoms with Crippen molar-refractivity contribution in [2.45, 2.75) is 58.4 Å². The second-order valence-corrected chi connectivity index (χ2v) is 10.4. The molecule has 1 heterocycles. The van der Waals surface area contributed by atoms with Crippen molar-refractivity contribution in [2.75, 3.05) is 18.4 Å². The Morgan fingerprint density at radius 3 is 2.19 bits per heavy atom. The van der Waals surface area contributed by atoms with Crippen molar-refractivity contribution in [3.63, 3.8) is 0 Å². The lowest BCUT2D eigenvalue weighted by atomic mass is 10.1. The molecule has 2 aromatic carbocycles. The van der Waals surface area contributed by atoms with Crippen molar-refractivity contribution in [2.24, 2.45) is 0 Å². The van der Waals surface area contributed by atoms with Crippen molar-refractivity contribution in [1.29, 1.82) is 0 Å². The molecular formula is C24H31N3O4S. The summed E-state index contributed by atoms with van der Waals surface area (Å²) >= 11 is 0. The van der Waals surface area contributed by atoms with Gasteiger partial charge in [-0.05, 0) is 70.2 Å². The van der Waals surface area contributed by atoms with Gasteiger partial charge in [0.2, 0.25) is 10.0 Å². The molecule has 0 unspecified atom stereocenters. The third-order valence-electron chi connectivity index (χ3n) is 5.83. The Labute approximate surface area is 190 Å². The Bertz CT molecular complexity index is 1130. The first-order valence-electron chi connectivity index (χ1n) is 10.8. The number of sulfonamides is 1. The third kappa shape index (κ3) is 5.02. The summed E-state index contributed by atoms with van der Waals surface area (Å²) in [5.74, 6) is -1.55. The van der Waals surface area contributed by atoms with E-state index in [0.717, 1.165) is 16.7 Å². The fourth-order valence-corrected chi connectivity index (χ4v) is 6.55. The first-order chi connectivity index (χ1) is 15.0.